The zero-order chi connectivity index (χ0) is 23.5. The third kappa shape index (κ3) is 2.78. The van der Waals surface area contributed by atoms with Crippen LogP contribution in [0.1, 0.15) is 65.7 Å². The summed E-state index contributed by atoms with van der Waals surface area (Å²) in [7, 11) is 1.65. The van der Waals surface area contributed by atoms with Crippen molar-refractivity contribution in [2.75, 3.05) is 13.7 Å². The summed E-state index contributed by atoms with van der Waals surface area (Å²) >= 11 is 0. The standard InChI is InChI=1S/C27H40O7/c1-14-23(28)19(29-4)12-21(31-14)32-16-7-9-25(2)15(11-16)5-6-18-17(25)8-10-26(3)22-20-13-30-24(22)34-27(18,26)33-20/h5,14,16-24,28H,6-13H2,1-4H3/t14-,16+,17+,18-,19+,20?,21+,22+,23-,24?,25+,26-,27-/m1/s1. The summed E-state index contributed by atoms with van der Waals surface area (Å²) < 4.78 is 37.3. The van der Waals surface area contributed by atoms with Gasteiger partial charge in [-0.15, -0.1) is 0 Å². The first-order valence-corrected chi connectivity index (χ1v) is 13.5. The van der Waals surface area contributed by atoms with E-state index in [1.165, 1.54) is 6.42 Å². The predicted molar refractivity (Wildman–Crippen MR) is 122 cm³/mol. The Kier molecular flexibility index (Phi) is 4.99. The monoisotopic (exact) mass is 476 g/mol. The van der Waals surface area contributed by atoms with Crippen molar-refractivity contribution in [1.29, 1.82) is 0 Å². The van der Waals surface area contributed by atoms with Crippen LogP contribution < -0.4 is 0 Å². The maximum Gasteiger partial charge on any atom is 0.181 e. The summed E-state index contributed by atoms with van der Waals surface area (Å²) in [5.41, 5.74) is 1.78. The number of allylic oxidation sites excluding steroid dienone is 1. The quantitative estimate of drug-likeness (QED) is 0.625. The van der Waals surface area contributed by atoms with Crippen LogP contribution in [0.15, 0.2) is 11.6 Å². The lowest BCUT2D eigenvalue weighted by atomic mass is 9.48. The molecule has 7 aliphatic rings. The van der Waals surface area contributed by atoms with Gasteiger partial charge in [-0.05, 0) is 56.8 Å². The number of fused-ring (bicyclic) bond motifs is 3. The Bertz CT molecular complexity index is 861. The highest BCUT2D eigenvalue weighted by Crippen LogP contribution is 2.73. The molecule has 0 aromatic carbocycles. The zero-order valence-electron chi connectivity index (χ0n) is 20.9. The highest BCUT2D eigenvalue weighted by molar-refractivity contribution is 5.28. The molecule has 0 amide bonds. The Morgan fingerprint density at radius 1 is 1.12 bits per heavy atom. The molecule has 2 saturated carbocycles. The second kappa shape index (κ2) is 7.50. The minimum Gasteiger partial charge on any atom is -0.388 e. The normalized spacial score (nSPS) is 59.9. The molecule has 190 valence electrons. The van der Waals surface area contributed by atoms with Gasteiger partial charge in [0.2, 0.25) is 0 Å². The number of rotatable bonds is 3. The van der Waals surface area contributed by atoms with E-state index < -0.39 is 11.9 Å². The fraction of sp³-hybridized carbons (Fsp3) is 0.926. The number of aliphatic hydroxyl groups excluding tert-OH is 1. The zero-order valence-corrected chi connectivity index (χ0v) is 20.9. The molecule has 2 bridgehead atoms. The number of methoxy groups -OCH3 is 1. The molecule has 7 nitrogen and oxygen atoms in total. The molecule has 7 rings (SSSR count). The topological polar surface area (TPSA) is 75.6 Å². The SMILES string of the molecule is CO[C@H]1C[C@H](O[C@H]2CC[C@@]3(C)C(=CC[C@@H]4[C@@H]3CC[C@]3(C)[C@H]5C6COC5O[C@]43O6)C2)O[C@H](C)[C@H]1O. The van der Waals surface area contributed by atoms with Crippen LogP contribution in [0, 0.1) is 28.6 Å². The van der Waals surface area contributed by atoms with Crippen LogP contribution in [-0.4, -0.2) is 67.7 Å². The molecular formula is C27H40O7. The lowest BCUT2D eigenvalue weighted by Crippen LogP contribution is -2.59. The molecule has 0 radical (unpaired) electrons. The van der Waals surface area contributed by atoms with E-state index in [-0.39, 0.29) is 47.8 Å². The number of ether oxygens (including phenoxy) is 6. The molecule has 13 atom stereocenters. The number of hydrogen-bond acceptors (Lipinski definition) is 7. The van der Waals surface area contributed by atoms with Gasteiger partial charge in [0.05, 0.1) is 31.0 Å². The maximum absolute atomic E-state index is 10.3. The summed E-state index contributed by atoms with van der Waals surface area (Å²) in [6.45, 7) is 7.46. The van der Waals surface area contributed by atoms with Crippen LogP contribution in [0.25, 0.3) is 0 Å². The van der Waals surface area contributed by atoms with E-state index in [2.05, 4.69) is 19.9 Å². The van der Waals surface area contributed by atoms with Crippen LogP contribution in [0.5, 0.6) is 0 Å². The Balaban J connectivity index is 1.10. The third-order valence-electron chi connectivity index (χ3n) is 11.1. The van der Waals surface area contributed by atoms with Crippen LogP contribution >= 0.6 is 0 Å². The van der Waals surface area contributed by atoms with Gasteiger partial charge in [-0.1, -0.05) is 25.5 Å². The van der Waals surface area contributed by atoms with Gasteiger partial charge in [0.15, 0.2) is 18.4 Å². The van der Waals surface area contributed by atoms with Crippen molar-refractivity contribution in [3.8, 4) is 0 Å². The average molecular weight is 477 g/mol. The van der Waals surface area contributed by atoms with Gasteiger partial charge in [0.1, 0.15) is 6.10 Å². The summed E-state index contributed by atoms with van der Waals surface area (Å²) in [5.74, 6) is 0.871. The maximum atomic E-state index is 10.3. The smallest absolute Gasteiger partial charge is 0.181 e. The Morgan fingerprint density at radius 3 is 2.76 bits per heavy atom. The Labute approximate surface area is 202 Å². The third-order valence-corrected chi connectivity index (χ3v) is 11.1. The largest absolute Gasteiger partial charge is 0.388 e. The van der Waals surface area contributed by atoms with Gasteiger partial charge in [-0.25, -0.2) is 0 Å². The van der Waals surface area contributed by atoms with Gasteiger partial charge < -0.3 is 33.5 Å². The molecule has 0 aromatic heterocycles. The van der Waals surface area contributed by atoms with Crippen molar-refractivity contribution in [2.45, 2.75) is 115 Å². The van der Waals surface area contributed by atoms with Crippen molar-refractivity contribution in [3.63, 3.8) is 0 Å². The molecule has 0 aromatic rings. The van der Waals surface area contributed by atoms with E-state index in [1.54, 1.807) is 12.7 Å². The minimum atomic E-state index is -0.607. The number of hydrogen-bond donors (Lipinski definition) is 1. The van der Waals surface area contributed by atoms with E-state index in [1.807, 2.05) is 6.92 Å². The highest BCUT2D eigenvalue weighted by Gasteiger charge is 2.79. The van der Waals surface area contributed by atoms with E-state index in [0.29, 0.717) is 30.8 Å². The molecule has 34 heavy (non-hydrogen) atoms. The molecule has 0 spiro atoms. The Morgan fingerprint density at radius 2 is 1.97 bits per heavy atom. The second-order valence-corrected chi connectivity index (χ2v) is 12.5. The van der Waals surface area contributed by atoms with Gasteiger partial charge >= 0.3 is 0 Å². The minimum absolute atomic E-state index is 0.0689. The predicted octanol–water partition coefficient (Wildman–Crippen LogP) is 3.53. The summed E-state index contributed by atoms with van der Waals surface area (Å²) in [6, 6.07) is 0. The van der Waals surface area contributed by atoms with Crippen molar-refractivity contribution in [1.82, 2.24) is 0 Å². The Hall–Kier alpha value is -0.540. The van der Waals surface area contributed by atoms with E-state index in [4.69, 9.17) is 28.4 Å². The van der Waals surface area contributed by atoms with Crippen molar-refractivity contribution < 1.29 is 33.5 Å². The van der Waals surface area contributed by atoms with Gasteiger partial charge in [-0.2, -0.15) is 0 Å². The van der Waals surface area contributed by atoms with Crippen molar-refractivity contribution in [3.05, 3.63) is 11.6 Å². The van der Waals surface area contributed by atoms with Gasteiger partial charge in [0.25, 0.3) is 0 Å². The summed E-state index contributed by atoms with van der Waals surface area (Å²) in [5, 5.41) is 10.3. The first-order valence-electron chi connectivity index (χ1n) is 13.5. The molecule has 4 heterocycles. The molecule has 4 aliphatic heterocycles. The fourth-order valence-electron chi connectivity index (χ4n) is 9.24. The molecule has 4 saturated heterocycles. The van der Waals surface area contributed by atoms with Crippen molar-refractivity contribution >= 4 is 0 Å². The lowest BCUT2D eigenvalue weighted by Gasteiger charge is -2.59. The van der Waals surface area contributed by atoms with E-state index in [9.17, 15) is 5.11 Å². The molecular weight excluding hydrogens is 436 g/mol. The van der Waals surface area contributed by atoms with E-state index in [0.717, 1.165) is 32.1 Å². The fourth-order valence-corrected chi connectivity index (χ4v) is 9.24. The average Bonchev–Trinajstić information content (AvgIpc) is 3.35. The molecule has 7 heteroatoms. The highest BCUT2D eigenvalue weighted by atomic mass is 16.8. The van der Waals surface area contributed by atoms with Crippen LogP contribution in [0.3, 0.4) is 0 Å². The van der Waals surface area contributed by atoms with E-state index >= 15 is 0 Å². The molecule has 6 fully saturated rings. The van der Waals surface area contributed by atoms with Crippen LogP contribution in [0.2, 0.25) is 0 Å². The first kappa shape index (κ1) is 22.6. The molecule has 1 N–H and O–H groups in total. The second-order valence-electron chi connectivity index (χ2n) is 12.5. The van der Waals surface area contributed by atoms with Gasteiger partial charge in [0, 0.05) is 30.8 Å². The lowest BCUT2D eigenvalue weighted by molar-refractivity contribution is -0.331. The first-order chi connectivity index (χ1) is 16.3. The number of aliphatic hydroxyl groups is 1. The molecule has 2 unspecified atom stereocenters. The summed E-state index contributed by atoms with van der Waals surface area (Å²) in [6.07, 6.45) is 8.38. The van der Waals surface area contributed by atoms with Crippen LogP contribution in [-0.2, 0) is 28.4 Å². The summed E-state index contributed by atoms with van der Waals surface area (Å²) in [4.78, 5) is 0. The van der Waals surface area contributed by atoms with Gasteiger partial charge in [-0.3, -0.25) is 0 Å². The van der Waals surface area contributed by atoms with Crippen molar-refractivity contribution in [2.24, 2.45) is 28.6 Å². The van der Waals surface area contributed by atoms with Crippen LogP contribution in [0.4, 0.5) is 0 Å². The molecule has 3 aliphatic carbocycles.